The predicted molar refractivity (Wildman–Crippen MR) is 45.2 cm³/mol. The van der Waals surface area contributed by atoms with Crippen molar-refractivity contribution in [2.75, 3.05) is 13.1 Å². The highest BCUT2D eigenvalue weighted by Gasteiger charge is 2.08. The Morgan fingerprint density at radius 3 is 3.00 bits per heavy atom. The fourth-order valence-electron chi connectivity index (χ4n) is 1.05. The largest absolute Gasteiger partial charge is 0.373 e. The molecule has 0 saturated heterocycles. The normalized spacial score (nSPS) is 16.5. The summed E-state index contributed by atoms with van der Waals surface area (Å²) in [6.07, 6.45) is 5.81. The standard InChI is InChI=1S/C9H13NO/c1-3-10-6-4-5-9(7-10)8(2)11/h4-6H,3,7H2,1-2H3. The van der Waals surface area contributed by atoms with E-state index in [-0.39, 0.29) is 5.78 Å². The van der Waals surface area contributed by atoms with Crippen molar-refractivity contribution in [3.8, 4) is 0 Å². The number of rotatable bonds is 2. The van der Waals surface area contributed by atoms with E-state index in [1.54, 1.807) is 6.92 Å². The number of carbonyl (C=O) groups is 1. The van der Waals surface area contributed by atoms with Crippen molar-refractivity contribution in [2.24, 2.45) is 0 Å². The van der Waals surface area contributed by atoms with Crippen LogP contribution in [0.5, 0.6) is 0 Å². The molecule has 1 rings (SSSR count). The molecule has 0 unspecified atom stereocenters. The van der Waals surface area contributed by atoms with Gasteiger partial charge in [-0.05, 0) is 26.1 Å². The summed E-state index contributed by atoms with van der Waals surface area (Å²) in [5.41, 5.74) is 0.898. The summed E-state index contributed by atoms with van der Waals surface area (Å²) in [7, 11) is 0. The van der Waals surface area contributed by atoms with E-state index >= 15 is 0 Å². The molecule has 11 heavy (non-hydrogen) atoms. The molecule has 0 aromatic heterocycles. The molecule has 1 heterocycles. The van der Waals surface area contributed by atoms with Crippen molar-refractivity contribution in [2.45, 2.75) is 13.8 Å². The lowest BCUT2D eigenvalue weighted by atomic mass is 10.1. The maximum atomic E-state index is 10.9. The van der Waals surface area contributed by atoms with Gasteiger partial charge in [-0.3, -0.25) is 4.79 Å². The molecule has 0 bridgehead atoms. The zero-order chi connectivity index (χ0) is 8.27. The summed E-state index contributed by atoms with van der Waals surface area (Å²) >= 11 is 0. The van der Waals surface area contributed by atoms with E-state index in [4.69, 9.17) is 0 Å². The lowest BCUT2D eigenvalue weighted by Crippen LogP contribution is -2.23. The minimum atomic E-state index is 0.174. The molecule has 60 valence electrons. The van der Waals surface area contributed by atoms with Crippen molar-refractivity contribution in [3.05, 3.63) is 23.9 Å². The molecule has 0 aromatic rings. The Morgan fingerprint density at radius 2 is 2.45 bits per heavy atom. The first-order valence-corrected chi connectivity index (χ1v) is 3.86. The first kappa shape index (κ1) is 8.05. The first-order valence-electron chi connectivity index (χ1n) is 3.86. The van der Waals surface area contributed by atoms with E-state index in [0.29, 0.717) is 0 Å². The molecule has 0 amide bonds. The Balaban J connectivity index is 2.64. The second-order valence-electron chi connectivity index (χ2n) is 2.65. The Hall–Kier alpha value is -1.05. The van der Waals surface area contributed by atoms with Crippen molar-refractivity contribution in [1.82, 2.24) is 4.90 Å². The number of likely N-dealkylation sites (N-methyl/N-ethyl adjacent to an activating group) is 1. The Morgan fingerprint density at radius 1 is 1.73 bits per heavy atom. The second kappa shape index (κ2) is 3.37. The fourth-order valence-corrected chi connectivity index (χ4v) is 1.05. The molecule has 2 heteroatoms. The third-order valence-electron chi connectivity index (χ3n) is 1.83. The van der Waals surface area contributed by atoms with Gasteiger partial charge in [0.25, 0.3) is 0 Å². The van der Waals surface area contributed by atoms with Crippen LogP contribution >= 0.6 is 0 Å². The predicted octanol–water partition coefficient (Wildman–Crippen LogP) is 1.35. The topological polar surface area (TPSA) is 20.3 Å². The molecule has 2 nitrogen and oxygen atoms in total. The molecular formula is C9H13NO. The second-order valence-corrected chi connectivity index (χ2v) is 2.65. The highest BCUT2D eigenvalue weighted by Crippen LogP contribution is 2.07. The molecule has 0 saturated carbocycles. The van der Waals surface area contributed by atoms with Gasteiger partial charge in [0.2, 0.25) is 0 Å². The van der Waals surface area contributed by atoms with Gasteiger partial charge in [-0.25, -0.2) is 0 Å². The molecule has 0 aromatic carbocycles. The SMILES string of the molecule is CCN1C=CC=C(C(C)=O)C1. The summed E-state index contributed by atoms with van der Waals surface area (Å²) in [6.45, 7) is 5.41. The van der Waals surface area contributed by atoms with Crippen molar-refractivity contribution in [3.63, 3.8) is 0 Å². The number of allylic oxidation sites excluding steroid dienone is 2. The number of carbonyl (C=O) groups excluding carboxylic acids is 1. The average molecular weight is 151 g/mol. The molecule has 0 radical (unpaired) electrons. The van der Waals surface area contributed by atoms with Crippen LogP contribution in [-0.4, -0.2) is 23.8 Å². The van der Waals surface area contributed by atoms with Crippen molar-refractivity contribution >= 4 is 5.78 Å². The third-order valence-corrected chi connectivity index (χ3v) is 1.83. The van der Waals surface area contributed by atoms with Gasteiger partial charge in [0, 0.05) is 18.7 Å². The Labute approximate surface area is 67.2 Å². The minimum Gasteiger partial charge on any atom is -0.373 e. The fraction of sp³-hybridized carbons (Fsp3) is 0.444. The number of hydrogen-bond donors (Lipinski definition) is 0. The van der Waals surface area contributed by atoms with Crippen LogP contribution in [0.25, 0.3) is 0 Å². The van der Waals surface area contributed by atoms with Gasteiger partial charge in [0.1, 0.15) is 0 Å². The van der Waals surface area contributed by atoms with Crippen molar-refractivity contribution < 1.29 is 4.79 Å². The minimum absolute atomic E-state index is 0.174. The van der Waals surface area contributed by atoms with Gasteiger partial charge in [-0.15, -0.1) is 0 Å². The highest BCUT2D eigenvalue weighted by atomic mass is 16.1. The van der Waals surface area contributed by atoms with Crippen LogP contribution in [0, 0.1) is 0 Å². The number of Topliss-reactive ketones (excluding diaryl/α,β-unsaturated/α-hetero) is 1. The smallest absolute Gasteiger partial charge is 0.157 e. The monoisotopic (exact) mass is 151 g/mol. The van der Waals surface area contributed by atoms with Crippen LogP contribution in [0.2, 0.25) is 0 Å². The molecule has 0 spiro atoms. The van der Waals surface area contributed by atoms with Crippen LogP contribution in [0.4, 0.5) is 0 Å². The quantitative estimate of drug-likeness (QED) is 0.593. The van der Waals surface area contributed by atoms with Crippen LogP contribution in [0.1, 0.15) is 13.8 Å². The van der Waals surface area contributed by atoms with Crippen LogP contribution in [-0.2, 0) is 4.79 Å². The van der Waals surface area contributed by atoms with Crippen molar-refractivity contribution in [1.29, 1.82) is 0 Å². The summed E-state index contributed by atoms with van der Waals surface area (Å²) in [6, 6.07) is 0. The van der Waals surface area contributed by atoms with E-state index in [1.807, 2.05) is 18.4 Å². The molecule has 0 N–H and O–H groups in total. The van der Waals surface area contributed by atoms with E-state index in [9.17, 15) is 4.79 Å². The molecule has 0 fully saturated rings. The molecule has 0 aliphatic carbocycles. The zero-order valence-electron chi connectivity index (χ0n) is 7.00. The van der Waals surface area contributed by atoms with Crippen LogP contribution in [0.3, 0.4) is 0 Å². The van der Waals surface area contributed by atoms with Gasteiger partial charge in [-0.1, -0.05) is 6.08 Å². The summed E-state index contributed by atoms with van der Waals surface area (Å²) < 4.78 is 0. The Kier molecular flexibility index (Phi) is 2.47. The summed E-state index contributed by atoms with van der Waals surface area (Å²) in [5, 5.41) is 0. The van der Waals surface area contributed by atoms with Gasteiger partial charge >= 0.3 is 0 Å². The number of nitrogens with zero attached hydrogens (tertiary/aromatic N) is 1. The highest BCUT2D eigenvalue weighted by molar-refractivity contribution is 5.94. The summed E-state index contributed by atoms with van der Waals surface area (Å²) in [5.74, 6) is 0.174. The van der Waals surface area contributed by atoms with Gasteiger partial charge in [-0.2, -0.15) is 0 Å². The number of ketones is 1. The zero-order valence-corrected chi connectivity index (χ0v) is 7.00. The van der Waals surface area contributed by atoms with Gasteiger partial charge in [0.15, 0.2) is 5.78 Å². The maximum absolute atomic E-state index is 10.9. The van der Waals surface area contributed by atoms with Crippen LogP contribution in [0.15, 0.2) is 23.9 Å². The lowest BCUT2D eigenvalue weighted by molar-refractivity contribution is -0.113. The van der Waals surface area contributed by atoms with Crippen LogP contribution < -0.4 is 0 Å². The van der Waals surface area contributed by atoms with Gasteiger partial charge < -0.3 is 4.90 Å². The van der Waals surface area contributed by atoms with E-state index in [2.05, 4.69) is 11.8 Å². The van der Waals surface area contributed by atoms with E-state index in [1.165, 1.54) is 0 Å². The molecule has 1 aliphatic heterocycles. The Bertz CT molecular complexity index is 216. The summed E-state index contributed by atoms with van der Waals surface area (Å²) in [4.78, 5) is 13.0. The van der Waals surface area contributed by atoms with E-state index < -0.39 is 0 Å². The third kappa shape index (κ3) is 1.93. The van der Waals surface area contributed by atoms with Gasteiger partial charge in [0.05, 0.1) is 0 Å². The molecule has 1 aliphatic rings. The maximum Gasteiger partial charge on any atom is 0.157 e. The average Bonchev–Trinajstić information content (AvgIpc) is 2.05. The number of hydrogen-bond acceptors (Lipinski definition) is 2. The molecule has 0 atom stereocenters. The molecular weight excluding hydrogens is 138 g/mol. The van der Waals surface area contributed by atoms with E-state index in [0.717, 1.165) is 18.7 Å². The lowest BCUT2D eigenvalue weighted by Gasteiger charge is -2.21. The first-order chi connectivity index (χ1) is 5.24.